The van der Waals surface area contributed by atoms with Gasteiger partial charge in [-0.3, -0.25) is 20.0 Å². The maximum Gasteiger partial charge on any atom is 0.328 e. The lowest BCUT2D eigenvalue weighted by atomic mass is 9.86. The van der Waals surface area contributed by atoms with Crippen molar-refractivity contribution < 1.29 is 19.1 Å². The highest BCUT2D eigenvalue weighted by atomic mass is 16.5. The van der Waals surface area contributed by atoms with E-state index in [2.05, 4.69) is 5.32 Å². The van der Waals surface area contributed by atoms with Gasteiger partial charge in [0, 0.05) is 12.6 Å². The fraction of sp³-hybridized carbons (Fsp3) is 0.444. The number of rotatable bonds is 5. The van der Waals surface area contributed by atoms with E-state index in [0.29, 0.717) is 42.4 Å². The van der Waals surface area contributed by atoms with Crippen LogP contribution in [0.1, 0.15) is 48.9 Å². The Balaban J connectivity index is 1.56. The van der Waals surface area contributed by atoms with Crippen LogP contribution in [0.15, 0.2) is 53.5 Å². The molecule has 2 heterocycles. The number of carbonyl (C=O) groups excluding carboxylic acids is 2. The molecule has 2 aliphatic heterocycles. The van der Waals surface area contributed by atoms with Crippen LogP contribution in [-0.2, 0) is 0 Å². The first-order valence-electron chi connectivity index (χ1n) is 12.3. The number of ether oxygens (including phenoxy) is 2. The Labute approximate surface area is 205 Å². The number of amides is 3. The van der Waals surface area contributed by atoms with Crippen LogP contribution in [0.25, 0.3) is 0 Å². The summed E-state index contributed by atoms with van der Waals surface area (Å²) in [4.78, 5) is 35.8. The zero-order valence-electron chi connectivity index (χ0n) is 20.3. The number of methoxy groups -OCH3 is 2. The number of piperidine rings is 1. The van der Waals surface area contributed by atoms with Gasteiger partial charge >= 0.3 is 6.03 Å². The Morgan fingerprint density at radius 3 is 2.63 bits per heavy atom. The Morgan fingerprint density at radius 1 is 1.06 bits per heavy atom. The molecule has 8 heteroatoms. The van der Waals surface area contributed by atoms with Gasteiger partial charge in [-0.05, 0) is 49.9 Å². The number of anilines is 1. The Kier molecular flexibility index (Phi) is 6.36. The Hall–Kier alpha value is -3.55. The first-order valence-corrected chi connectivity index (χ1v) is 12.3. The molecule has 8 nitrogen and oxygen atoms in total. The van der Waals surface area contributed by atoms with Crippen LogP contribution in [-0.4, -0.2) is 61.6 Å². The fourth-order valence-electron chi connectivity index (χ4n) is 5.63. The molecule has 1 aliphatic carbocycles. The van der Waals surface area contributed by atoms with E-state index in [0.717, 1.165) is 37.8 Å². The van der Waals surface area contributed by atoms with Gasteiger partial charge in [0.15, 0.2) is 0 Å². The minimum Gasteiger partial charge on any atom is -0.497 e. The molecule has 184 valence electrons. The molecule has 2 aromatic rings. The van der Waals surface area contributed by atoms with Crippen LogP contribution in [0.5, 0.6) is 11.5 Å². The normalized spacial score (nSPS) is 23.7. The van der Waals surface area contributed by atoms with Gasteiger partial charge in [0.1, 0.15) is 22.9 Å². The molecule has 1 N–H and O–H groups in total. The molecule has 1 unspecified atom stereocenters. The first-order chi connectivity index (χ1) is 17.1. The lowest BCUT2D eigenvalue weighted by Gasteiger charge is -2.44. The highest BCUT2D eigenvalue weighted by Crippen LogP contribution is 2.39. The number of amidine groups is 1. The van der Waals surface area contributed by atoms with Gasteiger partial charge in [0.25, 0.3) is 5.91 Å². The van der Waals surface area contributed by atoms with Crippen molar-refractivity contribution in [1.82, 2.24) is 10.2 Å². The molecule has 3 amide bonds. The Bertz CT molecular complexity index is 1140. The van der Waals surface area contributed by atoms with Crippen LogP contribution in [0, 0.1) is 0 Å². The molecule has 0 aromatic heterocycles. The van der Waals surface area contributed by atoms with Crippen LogP contribution < -0.4 is 19.7 Å². The van der Waals surface area contributed by atoms with Gasteiger partial charge in [0.2, 0.25) is 0 Å². The molecule has 5 rings (SSSR count). The van der Waals surface area contributed by atoms with Crippen LogP contribution in [0.4, 0.5) is 10.5 Å². The smallest absolute Gasteiger partial charge is 0.328 e. The van der Waals surface area contributed by atoms with E-state index in [4.69, 9.17) is 14.5 Å². The highest BCUT2D eigenvalue weighted by molar-refractivity contribution is 6.19. The predicted molar refractivity (Wildman–Crippen MR) is 135 cm³/mol. The van der Waals surface area contributed by atoms with Crippen molar-refractivity contribution in [3.05, 3.63) is 54.1 Å². The number of nitrogens with one attached hydrogen (secondary N) is 1. The lowest BCUT2D eigenvalue weighted by molar-refractivity contribution is 0.0683. The average Bonchev–Trinajstić information content (AvgIpc) is 3.49. The van der Waals surface area contributed by atoms with E-state index in [-0.39, 0.29) is 18.0 Å². The van der Waals surface area contributed by atoms with Gasteiger partial charge in [-0.1, -0.05) is 31.0 Å². The molecule has 1 saturated carbocycles. The van der Waals surface area contributed by atoms with Crippen molar-refractivity contribution in [2.45, 2.75) is 50.1 Å². The number of hydrogen-bond donors (Lipinski definition) is 1. The summed E-state index contributed by atoms with van der Waals surface area (Å²) in [5, 5.41) is 3.08. The summed E-state index contributed by atoms with van der Waals surface area (Å²) in [5.41, 5.74) is 0.485. The van der Waals surface area contributed by atoms with Crippen molar-refractivity contribution in [3.63, 3.8) is 0 Å². The molecule has 0 radical (unpaired) electrons. The van der Waals surface area contributed by atoms with E-state index in [9.17, 15) is 9.59 Å². The summed E-state index contributed by atoms with van der Waals surface area (Å²) in [6, 6.07) is 14.8. The molecule has 3 aliphatic rings. The largest absolute Gasteiger partial charge is 0.497 e. The number of likely N-dealkylation sites (tertiary alicyclic amines) is 1. The predicted octanol–water partition coefficient (Wildman–Crippen LogP) is 4.25. The number of hydrogen-bond acceptors (Lipinski definition) is 5. The van der Waals surface area contributed by atoms with Crippen molar-refractivity contribution in [2.75, 3.05) is 32.2 Å². The van der Waals surface area contributed by atoms with E-state index in [1.54, 1.807) is 31.3 Å². The molecular weight excluding hydrogens is 444 g/mol. The third-order valence-corrected chi connectivity index (χ3v) is 7.34. The summed E-state index contributed by atoms with van der Waals surface area (Å²) in [5.74, 6) is 1.79. The SMILES string of the molecule is COc1cccc(N2C(=O)NC(=NC3CCCC3)C23CCCN(C(=O)c2ccccc2OC)C3)c1. The van der Waals surface area contributed by atoms with Crippen molar-refractivity contribution in [3.8, 4) is 11.5 Å². The summed E-state index contributed by atoms with van der Waals surface area (Å²) < 4.78 is 10.9. The van der Waals surface area contributed by atoms with Gasteiger partial charge in [0.05, 0.1) is 38.1 Å². The van der Waals surface area contributed by atoms with Crippen LogP contribution in [0.2, 0.25) is 0 Å². The number of urea groups is 1. The van der Waals surface area contributed by atoms with Crippen LogP contribution >= 0.6 is 0 Å². The highest BCUT2D eigenvalue weighted by Gasteiger charge is 2.54. The van der Waals surface area contributed by atoms with E-state index < -0.39 is 5.54 Å². The molecular formula is C27H32N4O4. The number of aliphatic imine (C=N–C) groups is 1. The van der Waals surface area contributed by atoms with Gasteiger partial charge < -0.3 is 14.4 Å². The lowest BCUT2D eigenvalue weighted by Crippen LogP contribution is -2.61. The van der Waals surface area contributed by atoms with E-state index in [1.807, 2.05) is 41.3 Å². The van der Waals surface area contributed by atoms with Crippen molar-refractivity contribution in [2.24, 2.45) is 4.99 Å². The van der Waals surface area contributed by atoms with Gasteiger partial charge in [-0.15, -0.1) is 0 Å². The number of para-hydroxylation sites is 1. The summed E-state index contributed by atoms with van der Waals surface area (Å²) in [6.45, 7) is 0.959. The third kappa shape index (κ3) is 4.22. The third-order valence-electron chi connectivity index (χ3n) is 7.34. The summed E-state index contributed by atoms with van der Waals surface area (Å²) in [6.07, 6.45) is 5.82. The molecule has 1 atom stereocenters. The second-order valence-corrected chi connectivity index (χ2v) is 9.45. The van der Waals surface area contributed by atoms with E-state index >= 15 is 0 Å². The topological polar surface area (TPSA) is 83.5 Å². The molecule has 2 saturated heterocycles. The first kappa shape index (κ1) is 23.2. The standard InChI is InChI=1S/C27H32N4O4/c1-34-21-12-7-11-20(17-21)31-26(33)29-25(28-19-9-3-4-10-19)27(31)15-8-16-30(18-27)24(32)22-13-5-6-14-23(22)35-2/h5-7,11-14,17,19H,3-4,8-10,15-16,18H2,1-2H3,(H,28,29,33). The summed E-state index contributed by atoms with van der Waals surface area (Å²) in [7, 11) is 3.18. The van der Waals surface area contributed by atoms with Gasteiger partial charge in [-0.25, -0.2) is 4.79 Å². The Morgan fingerprint density at radius 2 is 1.86 bits per heavy atom. The maximum atomic E-state index is 13.7. The zero-order chi connectivity index (χ0) is 24.4. The molecule has 3 fully saturated rings. The number of nitrogens with zero attached hydrogens (tertiary/aromatic N) is 3. The minimum atomic E-state index is -0.762. The average molecular weight is 477 g/mol. The second kappa shape index (κ2) is 9.60. The molecule has 35 heavy (non-hydrogen) atoms. The minimum absolute atomic E-state index is 0.105. The maximum absolute atomic E-state index is 13.7. The molecule has 1 spiro atoms. The van der Waals surface area contributed by atoms with Crippen LogP contribution in [0.3, 0.4) is 0 Å². The van der Waals surface area contributed by atoms with Gasteiger partial charge in [-0.2, -0.15) is 0 Å². The number of carbonyl (C=O) groups is 2. The second-order valence-electron chi connectivity index (χ2n) is 9.45. The molecule has 0 bridgehead atoms. The van der Waals surface area contributed by atoms with Crippen molar-refractivity contribution in [1.29, 1.82) is 0 Å². The monoisotopic (exact) mass is 476 g/mol. The number of benzene rings is 2. The van der Waals surface area contributed by atoms with Crippen molar-refractivity contribution >= 4 is 23.5 Å². The summed E-state index contributed by atoms with van der Waals surface area (Å²) >= 11 is 0. The zero-order valence-corrected chi connectivity index (χ0v) is 20.3. The quantitative estimate of drug-likeness (QED) is 0.699. The fourth-order valence-corrected chi connectivity index (χ4v) is 5.63. The molecule has 2 aromatic carbocycles. The van der Waals surface area contributed by atoms with E-state index in [1.165, 1.54) is 0 Å².